The van der Waals surface area contributed by atoms with Crippen LogP contribution in [0.4, 0.5) is 0 Å². The van der Waals surface area contributed by atoms with Crippen molar-refractivity contribution in [3.05, 3.63) is 51.4 Å². The van der Waals surface area contributed by atoms with Crippen molar-refractivity contribution in [1.29, 1.82) is 0 Å². The summed E-state index contributed by atoms with van der Waals surface area (Å²) in [5, 5.41) is 1.43. The molecule has 0 radical (unpaired) electrons. The SMILES string of the molecule is Clc1nc(Cl)nc(-c2ccc3c4c(sc3c2)C=CCC=C4)n1. The summed E-state index contributed by atoms with van der Waals surface area (Å²) in [5.41, 5.74) is 2.15. The third-order valence-corrected chi connectivity index (χ3v) is 4.89. The fourth-order valence-electron chi connectivity index (χ4n) is 2.46. The van der Waals surface area contributed by atoms with Gasteiger partial charge in [-0.15, -0.1) is 11.3 Å². The molecule has 0 spiro atoms. The normalized spacial score (nSPS) is 13.4. The van der Waals surface area contributed by atoms with E-state index >= 15 is 0 Å². The molecule has 4 rings (SSSR count). The van der Waals surface area contributed by atoms with Gasteiger partial charge in [0, 0.05) is 20.5 Å². The Hall–Kier alpha value is -1.75. The van der Waals surface area contributed by atoms with E-state index in [-0.39, 0.29) is 10.6 Å². The van der Waals surface area contributed by atoms with Gasteiger partial charge in [-0.1, -0.05) is 30.4 Å². The quantitative estimate of drug-likeness (QED) is 0.585. The topological polar surface area (TPSA) is 38.7 Å². The molecule has 2 heterocycles. The van der Waals surface area contributed by atoms with Gasteiger partial charge >= 0.3 is 0 Å². The number of halogens is 2. The highest BCUT2D eigenvalue weighted by Gasteiger charge is 2.12. The van der Waals surface area contributed by atoms with E-state index < -0.39 is 0 Å². The van der Waals surface area contributed by atoms with Crippen molar-refractivity contribution >= 4 is 56.8 Å². The van der Waals surface area contributed by atoms with Crippen LogP contribution in [0.2, 0.25) is 10.6 Å². The number of hydrogen-bond donors (Lipinski definition) is 0. The molecule has 0 fully saturated rings. The molecule has 1 aliphatic carbocycles. The first kappa shape index (κ1) is 13.9. The average Bonchev–Trinajstić information content (AvgIpc) is 2.67. The van der Waals surface area contributed by atoms with Crippen molar-refractivity contribution in [2.45, 2.75) is 6.42 Å². The molecule has 0 saturated carbocycles. The summed E-state index contributed by atoms with van der Waals surface area (Å²) in [6.45, 7) is 0. The Bertz CT molecular complexity index is 924. The highest BCUT2D eigenvalue weighted by atomic mass is 35.5. The van der Waals surface area contributed by atoms with Crippen LogP contribution in [0.3, 0.4) is 0 Å². The number of rotatable bonds is 1. The predicted molar refractivity (Wildman–Crippen MR) is 93.4 cm³/mol. The first-order valence-electron chi connectivity index (χ1n) is 6.68. The molecule has 0 N–H and O–H groups in total. The van der Waals surface area contributed by atoms with Crippen LogP contribution in [0.15, 0.2) is 30.4 Å². The van der Waals surface area contributed by atoms with Crippen molar-refractivity contribution in [3.8, 4) is 11.4 Å². The van der Waals surface area contributed by atoms with E-state index in [1.807, 2.05) is 6.07 Å². The number of aromatic nitrogens is 3. The molecule has 6 heteroatoms. The van der Waals surface area contributed by atoms with Crippen molar-refractivity contribution in [2.75, 3.05) is 0 Å². The lowest BCUT2D eigenvalue weighted by Gasteiger charge is -2.01. The van der Waals surface area contributed by atoms with E-state index in [1.54, 1.807) is 11.3 Å². The second kappa shape index (κ2) is 5.47. The van der Waals surface area contributed by atoms with Crippen molar-refractivity contribution in [1.82, 2.24) is 15.0 Å². The van der Waals surface area contributed by atoms with E-state index in [0.29, 0.717) is 5.82 Å². The first-order valence-corrected chi connectivity index (χ1v) is 8.25. The number of allylic oxidation sites excluding steroid dienone is 2. The Labute approximate surface area is 141 Å². The van der Waals surface area contributed by atoms with Gasteiger partial charge in [0.05, 0.1) is 0 Å². The van der Waals surface area contributed by atoms with Gasteiger partial charge in [-0.3, -0.25) is 0 Å². The third kappa shape index (κ3) is 2.43. The summed E-state index contributed by atoms with van der Waals surface area (Å²) < 4.78 is 1.19. The Morgan fingerprint density at radius 3 is 2.55 bits per heavy atom. The van der Waals surface area contributed by atoms with Gasteiger partial charge in [0.1, 0.15) is 0 Å². The van der Waals surface area contributed by atoms with Gasteiger partial charge < -0.3 is 0 Å². The van der Waals surface area contributed by atoms with E-state index in [9.17, 15) is 0 Å². The smallest absolute Gasteiger partial charge is 0.198 e. The van der Waals surface area contributed by atoms with Gasteiger partial charge in [-0.25, -0.2) is 0 Å². The molecule has 2 aromatic heterocycles. The predicted octanol–water partition coefficient (Wildman–Crippen LogP) is 5.49. The van der Waals surface area contributed by atoms with Crippen molar-refractivity contribution < 1.29 is 0 Å². The summed E-state index contributed by atoms with van der Waals surface area (Å²) in [5.74, 6) is 0.488. The molecule has 3 nitrogen and oxygen atoms in total. The van der Waals surface area contributed by atoms with Crippen LogP contribution in [0.5, 0.6) is 0 Å². The van der Waals surface area contributed by atoms with Gasteiger partial charge in [0.2, 0.25) is 10.6 Å². The van der Waals surface area contributed by atoms with Crippen molar-refractivity contribution in [3.63, 3.8) is 0 Å². The maximum absolute atomic E-state index is 5.86. The van der Waals surface area contributed by atoms with E-state index in [0.717, 1.165) is 12.0 Å². The molecule has 0 atom stereocenters. The lowest BCUT2D eigenvalue weighted by molar-refractivity contribution is 1.06. The fraction of sp³-hybridized carbons (Fsp3) is 0.0625. The molecule has 0 aliphatic heterocycles. The minimum atomic E-state index is 0.0999. The Morgan fingerprint density at radius 2 is 1.73 bits per heavy atom. The molecule has 0 bridgehead atoms. The Balaban J connectivity index is 1.90. The maximum Gasteiger partial charge on any atom is 0.227 e. The van der Waals surface area contributed by atoms with Crippen LogP contribution in [-0.4, -0.2) is 15.0 Å². The highest BCUT2D eigenvalue weighted by Crippen LogP contribution is 2.36. The van der Waals surface area contributed by atoms with Gasteiger partial charge in [-0.05, 0) is 47.3 Å². The number of fused-ring (bicyclic) bond motifs is 3. The zero-order chi connectivity index (χ0) is 15.1. The molecule has 0 amide bonds. The number of nitrogens with zero attached hydrogens (tertiary/aromatic N) is 3. The summed E-state index contributed by atoms with van der Waals surface area (Å²) in [6.07, 6.45) is 9.68. The van der Waals surface area contributed by atoms with Crippen LogP contribution < -0.4 is 0 Å². The minimum absolute atomic E-state index is 0.0999. The molecule has 0 unspecified atom stereocenters. The Morgan fingerprint density at radius 1 is 0.955 bits per heavy atom. The second-order valence-electron chi connectivity index (χ2n) is 4.83. The highest BCUT2D eigenvalue weighted by molar-refractivity contribution is 7.20. The summed E-state index contributed by atoms with van der Waals surface area (Å²) in [7, 11) is 0. The molecular formula is C16H9Cl2N3S. The largest absolute Gasteiger partial charge is 0.227 e. The zero-order valence-corrected chi connectivity index (χ0v) is 13.6. The molecule has 108 valence electrons. The lowest BCUT2D eigenvalue weighted by Crippen LogP contribution is -1.93. The molecule has 0 saturated heterocycles. The zero-order valence-electron chi connectivity index (χ0n) is 11.3. The van der Waals surface area contributed by atoms with Gasteiger partial charge in [0.15, 0.2) is 5.82 Å². The molecule has 1 aliphatic rings. The number of benzene rings is 1. The summed E-state index contributed by atoms with van der Waals surface area (Å²) in [4.78, 5) is 13.3. The average molecular weight is 346 g/mol. The number of hydrogen-bond acceptors (Lipinski definition) is 4. The monoisotopic (exact) mass is 345 g/mol. The van der Waals surface area contributed by atoms with Crippen LogP contribution in [0.1, 0.15) is 16.9 Å². The van der Waals surface area contributed by atoms with E-state index in [4.69, 9.17) is 23.2 Å². The Kier molecular flexibility index (Phi) is 3.45. The van der Waals surface area contributed by atoms with Gasteiger partial charge in [-0.2, -0.15) is 15.0 Å². The second-order valence-corrected chi connectivity index (χ2v) is 6.59. The summed E-state index contributed by atoms with van der Waals surface area (Å²) >= 11 is 13.5. The van der Waals surface area contributed by atoms with Crippen LogP contribution in [-0.2, 0) is 0 Å². The van der Waals surface area contributed by atoms with E-state index in [1.165, 1.54) is 20.5 Å². The third-order valence-electron chi connectivity index (χ3n) is 3.42. The van der Waals surface area contributed by atoms with Crippen LogP contribution in [0.25, 0.3) is 33.6 Å². The van der Waals surface area contributed by atoms with E-state index in [2.05, 4.69) is 51.4 Å². The lowest BCUT2D eigenvalue weighted by atomic mass is 10.1. The standard InChI is InChI=1S/C16H9Cl2N3S/c17-15-19-14(20-16(18)21-15)9-6-7-11-10-4-2-1-3-5-12(10)22-13(11)8-9/h2-8H,1H2. The minimum Gasteiger partial charge on any atom is -0.198 e. The molecule has 3 aromatic rings. The van der Waals surface area contributed by atoms with Crippen LogP contribution in [0, 0.1) is 0 Å². The molecule has 1 aromatic carbocycles. The molecular weight excluding hydrogens is 337 g/mol. The first-order chi connectivity index (χ1) is 10.7. The fourth-order valence-corrected chi connectivity index (χ4v) is 3.99. The van der Waals surface area contributed by atoms with Gasteiger partial charge in [0.25, 0.3) is 0 Å². The van der Waals surface area contributed by atoms with Crippen molar-refractivity contribution in [2.24, 2.45) is 0 Å². The molecule has 22 heavy (non-hydrogen) atoms. The summed E-state index contributed by atoms with van der Waals surface area (Å²) in [6, 6.07) is 6.15. The maximum atomic E-state index is 5.86. The number of thiophene rings is 1. The van der Waals surface area contributed by atoms with Crippen LogP contribution >= 0.6 is 34.5 Å².